The molecule has 0 aliphatic heterocycles. The first-order valence-corrected chi connectivity index (χ1v) is 8.01. The minimum atomic E-state index is -0.272. The van der Waals surface area contributed by atoms with Crippen molar-refractivity contribution in [2.75, 3.05) is 0 Å². The van der Waals surface area contributed by atoms with E-state index in [1.54, 1.807) is 0 Å². The monoisotopic (exact) mass is 328 g/mol. The summed E-state index contributed by atoms with van der Waals surface area (Å²) in [5.41, 5.74) is 0. The van der Waals surface area contributed by atoms with Gasteiger partial charge in [0.1, 0.15) is 0 Å². The van der Waals surface area contributed by atoms with Crippen LogP contribution in [0, 0.1) is 21.3 Å². The van der Waals surface area contributed by atoms with Crippen molar-refractivity contribution in [3.8, 4) is 10.8 Å². The van der Waals surface area contributed by atoms with E-state index in [1.165, 1.54) is 18.9 Å². The van der Waals surface area contributed by atoms with Crippen LogP contribution >= 0.6 is 18.9 Å². The first-order chi connectivity index (χ1) is 3.41. The van der Waals surface area contributed by atoms with E-state index in [2.05, 4.69) is 0 Å². The van der Waals surface area contributed by atoms with Crippen LogP contribution in [0.2, 0.25) is 0 Å². The van der Waals surface area contributed by atoms with Gasteiger partial charge in [0.15, 0.2) is 0 Å². The molecule has 0 spiro atoms. The summed E-state index contributed by atoms with van der Waals surface area (Å²) in [6.07, 6.45) is 0. The van der Waals surface area contributed by atoms with E-state index in [0.717, 1.165) is 0 Å². The summed E-state index contributed by atoms with van der Waals surface area (Å²) in [4.78, 5) is 0. The molecule has 3 N–H and O–H groups in total. The summed E-state index contributed by atoms with van der Waals surface area (Å²) < 4.78 is 0. The molecule has 0 radical (unpaired) electrons. The third-order valence-electron chi connectivity index (χ3n) is 0.110. The van der Waals surface area contributed by atoms with Crippen LogP contribution in [0.25, 0.3) is 0 Å². The molecule has 0 saturated heterocycles. The van der Waals surface area contributed by atoms with Gasteiger partial charge in [-0.25, -0.2) is 0 Å². The molecule has 0 aliphatic rings. The Morgan fingerprint density at radius 1 is 1.12 bits per heavy atom. The Labute approximate surface area is 62.3 Å². The molecule has 0 aromatic rings. The van der Waals surface area contributed by atoms with Gasteiger partial charge in [0, 0.05) is 0 Å². The Kier molecular flexibility index (Phi) is 14.4. The number of rotatable bonds is 2. The molecule has 0 aliphatic carbocycles. The number of nitriles is 2. The van der Waals surface area contributed by atoms with E-state index < -0.39 is 0 Å². The number of hydrogen-bond acceptors (Lipinski definition) is 5. The summed E-state index contributed by atoms with van der Waals surface area (Å²) in [6, 6.07) is 0. The van der Waals surface area contributed by atoms with E-state index in [4.69, 9.17) is 10.5 Å². The molecule has 0 aromatic carbocycles. The Balaban J connectivity index is 0. The van der Waals surface area contributed by atoms with Crippen LogP contribution < -0.4 is 6.15 Å². The maximum atomic E-state index is 7.91. The zero-order valence-electron chi connectivity index (χ0n) is 3.73. The molecule has 48 valence electrons. The van der Waals surface area contributed by atoms with Crippen LogP contribution in [0.4, 0.5) is 0 Å². The van der Waals surface area contributed by atoms with Crippen LogP contribution in [0.5, 0.6) is 0 Å². The van der Waals surface area contributed by atoms with E-state index in [-0.39, 0.29) is 22.2 Å². The summed E-state index contributed by atoms with van der Waals surface area (Å²) in [6.45, 7) is 0. The second-order valence-electron chi connectivity index (χ2n) is 0.364. The average Bonchev–Trinajstić information content (AvgIpc) is 1.69. The Morgan fingerprint density at radius 3 is 1.75 bits per heavy atom. The third kappa shape index (κ3) is 9.59. The fourth-order valence-corrected chi connectivity index (χ4v) is 2.71. The number of thiocyanates is 2. The van der Waals surface area contributed by atoms with Crippen molar-refractivity contribution in [3.05, 3.63) is 0 Å². The molecule has 6 heteroatoms. The molecule has 0 unspecified atom stereocenters. The quantitative estimate of drug-likeness (QED) is 0.613. The predicted octanol–water partition coefficient (Wildman–Crippen LogP) is 1.49. The molecule has 8 heavy (non-hydrogen) atoms. The van der Waals surface area contributed by atoms with Gasteiger partial charge in [-0.3, -0.25) is 0 Å². The second kappa shape index (κ2) is 10.3. The van der Waals surface area contributed by atoms with Gasteiger partial charge in [-0.05, 0) is 0 Å². The van der Waals surface area contributed by atoms with Crippen LogP contribution in [0.15, 0.2) is 0 Å². The van der Waals surface area contributed by atoms with Gasteiger partial charge < -0.3 is 6.15 Å². The molecule has 0 amide bonds. The molecule has 0 heterocycles. The summed E-state index contributed by atoms with van der Waals surface area (Å²) >= 11 is -0.272. The van der Waals surface area contributed by atoms with Gasteiger partial charge >= 0.3 is 56.3 Å². The molecule has 0 fully saturated rings. The molecular formula is C2H3N3PtS2. The Morgan fingerprint density at radius 2 is 1.50 bits per heavy atom. The van der Waals surface area contributed by atoms with Gasteiger partial charge in [0.25, 0.3) is 0 Å². The molecule has 0 bridgehead atoms. The topological polar surface area (TPSA) is 82.6 Å². The number of nitrogens with zero attached hydrogens (tertiary/aromatic N) is 2. The van der Waals surface area contributed by atoms with Crippen molar-refractivity contribution >= 4 is 18.9 Å². The van der Waals surface area contributed by atoms with Crippen molar-refractivity contribution in [2.45, 2.75) is 0 Å². The molecule has 0 rings (SSSR count). The van der Waals surface area contributed by atoms with Crippen molar-refractivity contribution < 1.29 is 16.0 Å². The Bertz CT molecular complexity index is 99.4. The van der Waals surface area contributed by atoms with E-state index >= 15 is 0 Å². The summed E-state index contributed by atoms with van der Waals surface area (Å²) in [5.74, 6) is 0. The number of hydrogen-bond donors (Lipinski definition) is 1. The van der Waals surface area contributed by atoms with Gasteiger partial charge in [-0.15, -0.1) is 0 Å². The average molecular weight is 328 g/mol. The standard InChI is InChI=1S/2CHNS.H3N.Pt/c2*2-1-3;;/h2*3H;1H3;/q;;;+2/p-2. The minimum absolute atomic E-state index is 0. The first-order valence-electron chi connectivity index (χ1n) is 1.11. The fraction of sp³-hybridized carbons (Fsp3) is 0. The van der Waals surface area contributed by atoms with Gasteiger partial charge in [0.05, 0.1) is 0 Å². The Hall–Kier alpha value is 0.328. The van der Waals surface area contributed by atoms with Crippen LogP contribution in [-0.4, -0.2) is 0 Å². The van der Waals surface area contributed by atoms with Crippen LogP contribution in [-0.2, 0) is 16.0 Å². The van der Waals surface area contributed by atoms with E-state index in [1.807, 2.05) is 10.8 Å². The van der Waals surface area contributed by atoms with E-state index in [0.29, 0.717) is 0 Å². The molecule has 3 nitrogen and oxygen atoms in total. The predicted molar refractivity (Wildman–Crippen MR) is 31.4 cm³/mol. The van der Waals surface area contributed by atoms with Crippen molar-refractivity contribution in [1.82, 2.24) is 6.15 Å². The van der Waals surface area contributed by atoms with Gasteiger partial charge in [-0.1, -0.05) is 0 Å². The zero-order chi connectivity index (χ0) is 5.54. The summed E-state index contributed by atoms with van der Waals surface area (Å²) in [7, 11) is 2.38. The molecule has 0 atom stereocenters. The van der Waals surface area contributed by atoms with Crippen LogP contribution in [0.3, 0.4) is 0 Å². The molecular weight excluding hydrogens is 325 g/mol. The van der Waals surface area contributed by atoms with Crippen molar-refractivity contribution in [1.29, 1.82) is 10.5 Å². The third-order valence-corrected chi connectivity index (χ3v) is 5.30. The fourth-order valence-electron chi connectivity index (χ4n) is 0.0367. The van der Waals surface area contributed by atoms with E-state index in [9.17, 15) is 0 Å². The SMILES string of the molecule is N.N#C[S][Pt][S]C#N. The van der Waals surface area contributed by atoms with Gasteiger partial charge in [-0.2, -0.15) is 0 Å². The normalized spacial score (nSPS) is 6.25. The first kappa shape index (κ1) is 11.2. The summed E-state index contributed by atoms with van der Waals surface area (Å²) in [5, 5.41) is 19.6. The zero-order valence-corrected chi connectivity index (χ0v) is 7.64. The second-order valence-corrected chi connectivity index (χ2v) is 7.60. The maximum absolute atomic E-state index is 7.91. The van der Waals surface area contributed by atoms with Crippen molar-refractivity contribution in [3.63, 3.8) is 0 Å². The molecule has 0 saturated carbocycles. The van der Waals surface area contributed by atoms with Gasteiger partial charge in [0.2, 0.25) is 0 Å². The molecule has 0 aromatic heterocycles. The van der Waals surface area contributed by atoms with Crippen molar-refractivity contribution in [2.24, 2.45) is 0 Å². The van der Waals surface area contributed by atoms with Crippen LogP contribution in [0.1, 0.15) is 0 Å².